The van der Waals surface area contributed by atoms with E-state index in [1.807, 2.05) is 12.1 Å². The van der Waals surface area contributed by atoms with E-state index < -0.39 is 0 Å². The first kappa shape index (κ1) is 16.1. The summed E-state index contributed by atoms with van der Waals surface area (Å²) in [5, 5.41) is 0. The number of aromatic nitrogens is 3. The molecule has 0 radical (unpaired) electrons. The van der Waals surface area contributed by atoms with E-state index in [1.54, 1.807) is 23.5 Å². The molecule has 4 heterocycles. The summed E-state index contributed by atoms with van der Waals surface area (Å²) in [6.45, 7) is 2.40. The number of likely N-dealkylation sites (tertiary alicyclic amines) is 1. The molecule has 0 aromatic carbocycles. The van der Waals surface area contributed by atoms with Crippen LogP contribution in [0.5, 0.6) is 0 Å². The number of pyridine rings is 1. The first-order valence-corrected chi connectivity index (χ1v) is 8.44. The highest BCUT2D eigenvalue weighted by Crippen LogP contribution is 2.36. The third-order valence-electron chi connectivity index (χ3n) is 4.71. The molecule has 1 atom stereocenters. The lowest BCUT2D eigenvalue weighted by Crippen LogP contribution is -2.67. The van der Waals surface area contributed by atoms with Crippen LogP contribution in [0.15, 0.2) is 43.1 Å². The van der Waals surface area contributed by atoms with Gasteiger partial charge in [-0.2, -0.15) is 0 Å². The Morgan fingerprint density at radius 2 is 2.08 bits per heavy atom. The summed E-state index contributed by atoms with van der Waals surface area (Å²) >= 11 is 0. The number of amides is 1. The minimum Gasteiger partial charge on any atom is -0.373 e. The van der Waals surface area contributed by atoms with Gasteiger partial charge < -0.3 is 14.4 Å². The van der Waals surface area contributed by atoms with Gasteiger partial charge in [-0.1, -0.05) is 0 Å². The lowest BCUT2D eigenvalue weighted by Gasteiger charge is -2.52. The van der Waals surface area contributed by atoms with Crippen molar-refractivity contribution in [3.8, 4) is 0 Å². The van der Waals surface area contributed by atoms with Crippen LogP contribution in [0.3, 0.4) is 0 Å². The van der Waals surface area contributed by atoms with Crippen molar-refractivity contribution in [1.29, 1.82) is 0 Å². The standard InChI is InChI=1S/C18H20N4O3/c23-17(16-10-20-6-7-21-16)22-12-18(13-22)9-15(3-8-25-18)24-11-14-1-4-19-5-2-14/h1-2,4-7,10,15H,3,8-9,11-13H2. The zero-order chi connectivity index (χ0) is 17.1. The Morgan fingerprint density at radius 3 is 2.84 bits per heavy atom. The van der Waals surface area contributed by atoms with Crippen LogP contribution in [0, 0.1) is 0 Å². The quantitative estimate of drug-likeness (QED) is 0.839. The van der Waals surface area contributed by atoms with Gasteiger partial charge in [0.25, 0.3) is 5.91 Å². The first-order chi connectivity index (χ1) is 12.2. The Kier molecular flexibility index (Phi) is 4.42. The highest BCUT2D eigenvalue weighted by Gasteiger charge is 2.49. The smallest absolute Gasteiger partial charge is 0.274 e. The summed E-state index contributed by atoms with van der Waals surface area (Å²) in [6, 6.07) is 3.92. The second-order valence-electron chi connectivity index (χ2n) is 6.56. The number of carbonyl (C=O) groups excluding carboxylic acids is 1. The molecule has 130 valence electrons. The van der Waals surface area contributed by atoms with Crippen LogP contribution in [0.1, 0.15) is 28.9 Å². The van der Waals surface area contributed by atoms with Crippen molar-refractivity contribution in [2.75, 3.05) is 19.7 Å². The number of hydrogen-bond acceptors (Lipinski definition) is 6. The van der Waals surface area contributed by atoms with Gasteiger partial charge in [0.05, 0.1) is 32.0 Å². The average molecular weight is 340 g/mol. The molecule has 2 fully saturated rings. The number of hydrogen-bond donors (Lipinski definition) is 0. The maximum absolute atomic E-state index is 12.4. The first-order valence-electron chi connectivity index (χ1n) is 8.44. The van der Waals surface area contributed by atoms with Crippen LogP contribution in [0.4, 0.5) is 0 Å². The van der Waals surface area contributed by atoms with Crippen LogP contribution >= 0.6 is 0 Å². The van der Waals surface area contributed by atoms with Gasteiger partial charge in [-0.05, 0) is 24.1 Å². The molecular formula is C18H20N4O3. The predicted molar refractivity (Wildman–Crippen MR) is 88.7 cm³/mol. The van der Waals surface area contributed by atoms with Crippen LogP contribution in [0.25, 0.3) is 0 Å². The van der Waals surface area contributed by atoms with E-state index in [0.717, 1.165) is 18.4 Å². The van der Waals surface area contributed by atoms with Crippen molar-refractivity contribution < 1.29 is 14.3 Å². The van der Waals surface area contributed by atoms with Crippen LogP contribution in [-0.2, 0) is 16.1 Å². The number of nitrogens with zero attached hydrogens (tertiary/aromatic N) is 4. The van der Waals surface area contributed by atoms with Gasteiger partial charge in [0.15, 0.2) is 0 Å². The van der Waals surface area contributed by atoms with Gasteiger partial charge in [-0.15, -0.1) is 0 Å². The molecule has 1 amide bonds. The second-order valence-corrected chi connectivity index (χ2v) is 6.56. The third kappa shape index (κ3) is 3.52. The molecule has 7 heteroatoms. The Balaban J connectivity index is 1.31. The Labute approximate surface area is 146 Å². The summed E-state index contributed by atoms with van der Waals surface area (Å²) in [4.78, 5) is 26.2. The molecule has 0 bridgehead atoms. The second kappa shape index (κ2) is 6.85. The van der Waals surface area contributed by atoms with E-state index in [0.29, 0.717) is 32.0 Å². The molecule has 4 rings (SSSR count). The normalized spacial score (nSPS) is 21.8. The molecule has 2 aromatic rings. The Morgan fingerprint density at radius 1 is 1.24 bits per heavy atom. The highest BCUT2D eigenvalue weighted by atomic mass is 16.5. The van der Waals surface area contributed by atoms with E-state index in [-0.39, 0.29) is 17.6 Å². The average Bonchev–Trinajstić information content (AvgIpc) is 2.65. The van der Waals surface area contributed by atoms with Crippen LogP contribution in [-0.4, -0.2) is 57.2 Å². The van der Waals surface area contributed by atoms with Crippen LogP contribution < -0.4 is 0 Å². The molecule has 0 aliphatic carbocycles. The topological polar surface area (TPSA) is 77.4 Å². The van der Waals surface area contributed by atoms with Crippen LogP contribution in [0.2, 0.25) is 0 Å². The zero-order valence-corrected chi connectivity index (χ0v) is 13.9. The number of ether oxygens (including phenoxy) is 2. The number of carbonyl (C=O) groups is 1. The lowest BCUT2D eigenvalue weighted by atomic mass is 9.84. The van der Waals surface area contributed by atoms with Crippen molar-refractivity contribution >= 4 is 5.91 Å². The Bertz CT molecular complexity index is 720. The maximum atomic E-state index is 12.4. The summed E-state index contributed by atoms with van der Waals surface area (Å²) in [6.07, 6.45) is 9.96. The molecule has 0 saturated carbocycles. The SMILES string of the molecule is O=C(c1cnccn1)N1CC2(CC(OCc3ccncc3)CCO2)C1. The Hall–Kier alpha value is -2.38. The van der Waals surface area contributed by atoms with Gasteiger partial charge in [0.2, 0.25) is 0 Å². The molecule has 1 unspecified atom stereocenters. The molecule has 7 nitrogen and oxygen atoms in total. The van der Waals surface area contributed by atoms with Gasteiger partial charge in [0.1, 0.15) is 11.3 Å². The van der Waals surface area contributed by atoms with E-state index in [4.69, 9.17) is 9.47 Å². The van der Waals surface area contributed by atoms with E-state index in [9.17, 15) is 4.79 Å². The molecule has 0 N–H and O–H groups in total. The van der Waals surface area contributed by atoms with E-state index in [2.05, 4.69) is 15.0 Å². The summed E-state index contributed by atoms with van der Waals surface area (Å²) < 4.78 is 12.0. The lowest BCUT2D eigenvalue weighted by molar-refractivity contribution is -0.188. The summed E-state index contributed by atoms with van der Waals surface area (Å²) in [5.41, 5.74) is 1.21. The monoisotopic (exact) mass is 340 g/mol. The van der Waals surface area contributed by atoms with Crippen molar-refractivity contribution in [2.24, 2.45) is 0 Å². The minimum absolute atomic E-state index is 0.0952. The third-order valence-corrected chi connectivity index (χ3v) is 4.71. The molecule has 2 aromatic heterocycles. The van der Waals surface area contributed by atoms with E-state index >= 15 is 0 Å². The van der Waals surface area contributed by atoms with Crippen molar-refractivity contribution in [3.05, 3.63) is 54.4 Å². The zero-order valence-electron chi connectivity index (χ0n) is 13.9. The fraction of sp³-hybridized carbons (Fsp3) is 0.444. The van der Waals surface area contributed by atoms with Gasteiger partial charge in [-0.3, -0.25) is 14.8 Å². The van der Waals surface area contributed by atoms with Gasteiger partial charge >= 0.3 is 0 Å². The molecular weight excluding hydrogens is 320 g/mol. The molecule has 2 saturated heterocycles. The summed E-state index contributed by atoms with van der Waals surface area (Å²) in [5.74, 6) is -0.0952. The van der Waals surface area contributed by atoms with Crippen molar-refractivity contribution in [3.63, 3.8) is 0 Å². The van der Waals surface area contributed by atoms with Crippen molar-refractivity contribution in [1.82, 2.24) is 19.9 Å². The van der Waals surface area contributed by atoms with Crippen molar-refractivity contribution in [2.45, 2.75) is 31.2 Å². The fourth-order valence-electron chi connectivity index (χ4n) is 3.40. The largest absolute Gasteiger partial charge is 0.373 e. The highest BCUT2D eigenvalue weighted by molar-refractivity contribution is 5.92. The number of rotatable bonds is 4. The molecule has 25 heavy (non-hydrogen) atoms. The fourth-order valence-corrected chi connectivity index (χ4v) is 3.40. The van der Waals surface area contributed by atoms with Gasteiger partial charge in [0, 0.05) is 37.8 Å². The predicted octanol–water partition coefficient (Wildman–Crippen LogP) is 1.46. The molecule has 2 aliphatic rings. The maximum Gasteiger partial charge on any atom is 0.274 e. The summed E-state index contributed by atoms with van der Waals surface area (Å²) in [7, 11) is 0. The molecule has 2 aliphatic heterocycles. The molecule has 1 spiro atoms. The van der Waals surface area contributed by atoms with E-state index in [1.165, 1.54) is 12.4 Å². The van der Waals surface area contributed by atoms with Gasteiger partial charge in [-0.25, -0.2) is 4.98 Å². The minimum atomic E-state index is -0.279.